The Kier molecular flexibility index (Phi) is 1.80. The largest absolute Gasteiger partial charge is 0.266 e. The minimum Gasteiger partial charge on any atom is -0.258 e. The molecule has 78 valence electrons. The first-order valence-electron chi connectivity index (χ1n) is 5.11. The molecule has 2 aliphatic carbocycles. The molecule has 0 saturated heterocycles. The highest BCUT2D eigenvalue weighted by atomic mass is 16.6. The quantitative estimate of drug-likeness (QED) is 0.513. The van der Waals surface area contributed by atoms with Gasteiger partial charge in [-0.05, 0) is 16.0 Å². The van der Waals surface area contributed by atoms with Gasteiger partial charge in [-0.3, -0.25) is 10.1 Å². The predicted molar refractivity (Wildman–Crippen MR) is 61.3 cm³/mol. The van der Waals surface area contributed by atoms with Crippen molar-refractivity contribution in [3.8, 4) is 0 Å². The van der Waals surface area contributed by atoms with Crippen molar-refractivity contribution in [2.75, 3.05) is 0 Å². The number of nitro groups is 1. The zero-order valence-electron chi connectivity index (χ0n) is 8.46. The second-order valence-electron chi connectivity index (χ2n) is 3.92. The van der Waals surface area contributed by atoms with Crippen LogP contribution in [0.4, 0.5) is 0 Å². The Labute approximate surface area is 91.9 Å². The van der Waals surface area contributed by atoms with Crippen molar-refractivity contribution in [2.24, 2.45) is 5.92 Å². The molecule has 0 saturated carbocycles. The van der Waals surface area contributed by atoms with Crippen LogP contribution < -0.4 is 10.4 Å². The van der Waals surface area contributed by atoms with Crippen molar-refractivity contribution < 1.29 is 4.92 Å². The fraction of sp³-hybridized carbons (Fsp3) is 0.0769. The third-order valence-electron chi connectivity index (χ3n) is 2.98. The van der Waals surface area contributed by atoms with Gasteiger partial charge in [0.25, 0.3) is 5.70 Å². The highest BCUT2D eigenvalue weighted by Crippen LogP contribution is 2.25. The highest BCUT2D eigenvalue weighted by Gasteiger charge is 2.21. The maximum Gasteiger partial charge on any atom is 0.266 e. The van der Waals surface area contributed by atoms with Crippen molar-refractivity contribution >= 4 is 11.6 Å². The number of allylic oxidation sites excluding steroid dienone is 3. The minimum atomic E-state index is -0.343. The number of nitrogens with zero attached hydrogens (tertiary/aromatic N) is 1. The summed E-state index contributed by atoms with van der Waals surface area (Å²) in [7, 11) is 0. The minimum absolute atomic E-state index is 0.0581. The molecule has 0 aliphatic heterocycles. The van der Waals surface area contributed by atoms with E-state index in [1.165, 1.54) is 5.22 Å². The number of rotatable bonds is 1. The van der Waals surface area contributed by atoms with Gasteiger partial charge in [-0.2, -0.15) is 0 Å². The van der Waals surface area contributed by atoms with Crippen LogP contribution in [0, 0.1) is 16.0 Å². The molecule has 0 fully saturated rings. The van der Waals surface area contributed by atoms with Gasteiger partial charge in [-0.1, -0.05) is 36.4 Å². The lowest BCUT2D eigenvalue weighted by molar-refractivity contribution is -0.419. The molecule has 3 rings (SSSR count). The normalized spacial score (nSPS) is 20.9. The number of fused-ring (bicyclic) bond motifs is 2. The second kappa shape index (κ2) is 3.17. The summed E-state index contributed by atoms with van der Waals surface area (Å²) in [5, 5.41) is 13.0. The standard InChI is InChI=1S/C13H9NO2/c15-14(16)11-5-6-13-10(8-11)7-9-3-1-2-4-12(9)13/h1-8,10H/t10-/m1/s1. The van der Waals surface area contributed by atoms with Gasteiger partial charge in [-0.25, -0.2) is 0 Å². The molecule has 2 aliphatic rings. The van der Waals surface area contributed by atoms with Gasteiger partial charge in [-0.15, -0.1) is 0 Å². The van der Waals surface area contributed by atoms with Crippen molar-refractivity contribution in [3.05, 3.63) is 68.7 Å². The molecule has 0 unspecified atom stereocenters. The summed E-state index contributed by atoms with van der Waals surface area (Å²) in [6.45, 7) is 0. The first-order valence-corrected chi connectivity index (χ1v) is 5.11. The summed E-state index contributed by atoms with van der Waals surface area (Å²) in [6, 6.07) is 8.06. The van der Waals surface area contributed by atoms with Crippen LogP contribution in [-0.2, 0) is 0 Å². The van der Waals surface area contributed by atoms with Gasteiger partial charge in [0, 0.05) is 18.1 Å². The van der Waals surface area contributed by atoms with Crippen molar-refractivity contribution in [1.29, 1.82) is 0 Å². The van der Waals surface area contributed by atoms with E-state index >= 15 is 0 Å². The number of hydrogen-bond donors (Lipinski definition) is 0. The average molecular weight is 211 g/mol. The molecule has 0 radical (unpaired) electrons. The second-order valence-corrected chi connectivity index (χ2v) is 3.92. The number of hydrogen-bond acceptors (Lipinski definition) is 2. The van der Waals surface area contributed by atoms with Crippen LogP contribution >= 0.6 is 0 Å². The molecule has 3 nitrogen and oxygen atoms in total. The number of benzene rings is 1. The van der Waals surface area contributed by atoms with Gasteiger partial charge in [0.2, 0.25) is 0 Å². The molecule has 1 aromatic rings. The SMILES string of the molecule is O=[N+]([O-])C1=C[C@H]2C=c3ccccc3=C2C=C1. The summed E-state index contributed by atoms with van der Waals surface area (Å²) in [5.74, 6) is 0.0581. The van der Waals surface area contributed by atoms with E-state index in [2.05, 4.69) is 12.1 Å². The van der Waals surface area contributed by atoms with Gasteiger partial charge >= 0.3 is 0 Å². The lowest BCUT2D eigenvalue weighted by Crippen LogP contribution is -2.21. The molecular formula is C13H9NO2. The van der Waals surface area contributed by atoms with E-state index in [0.29, 0.717) is 0 Å². The van der Waals surface area contributed by atoms with E-state index in [-0.39, 0.29) is 16.5 Å². The van der Waals surface area contributed by atoms with E-state index in [1.54, 1.807) is 12.2 Å². The van der Waals surface area contributed by atoms with Crippen molar-refractivity contribution in [3.63, 3.8) is 0 Å². The molecule has 0 bridgehead atoms. The smallest absolute Gasteiger partial charge is 0.258 e. The van der Waals surface area contributed by atoms with Crippen molar-refractivity contribution in [1.82, 2.24) is 0 Å². The Balaban J connectivity index is 2.22. The van der Waals surface area contributed by atoms with E-state index < -0.39 is 0 Å². The summed E-state index contributed by atoms with van der Waals surface area (Å²) < 4.78 is 0. The Bertz CT molecular complexity index is 653. The molecule has 0 heterocycles. The van der Waals surface area contributed by atoms with Gasteiger partial charge in [0.1, 0.15) is 0 Å². The molecule has 0 spiro atoms. The zero-order valence-corrected chi connectivity index (χ0v) is 8.46. The van der Waals surface area contributed by atoms with Crippen LogP contribution in [0.25, 0.3) is 11.6 Å². The van der Waals surface area contributed by atoms with Gasteiger partial charge in [0.05, 0.1) is 4.92 Å². The van der Waals surface area contributed by atoms with Crippen LogP contribution in [0.3, 0.4) is 0 Å². The molecule has 0 N–H and O–H groups in total. The zero-order chi connectivity index (χ0) is 11.1. The average Bonchev–Trinajstić information content (AvgIpc) is 2.66. The lowest BCUT2D eigenvalue weighted by atomic mass is 9.95. The lowest BCUT2D eigenvalue weighted by Gasteiger charge is -2.08. The van der Waals surface area contributed by atoms with Crippen LogP contribution in [0.1, 0.15) is 0 Å². The van der Waals surface area contributed by atoms with Gasteiger partial charge < -0.3 is 0 Å². The summed E-state index contributed by atoms with van der Waals surface area (Å²) in [5.41, 5.74) is 1.33. The van der Waals surface area contributed by atoms with E-state index in [0.717, 1.165) is 10.8 Å². The van der Waals surface area contributed by atoms with Crippen molar-refractivity contribution in [2.45, 2.75) is 0 Å². The van der Waals surface area contributed by atoms with Crippen LogP contribution in [0.2, 0.25) is 0 Å². The monoisotopic (exact) mass is 211 g/mol. The maximum atomic E-state index is 10.7. The summed E-state index contributed by atoms with van der Waals surface area (Å²) in [6.07, 6.45) is 7.19. The first-order chi connectivity index (χ1) is 7.75. The Hall–Kier alpha value is -2.16. The van der Waals surface area contributed by atoms with Crippen LogP contribution in [0.5, 0.6) is 0 Å². The fourth-order valence-electron chi connectivity index (χ4n) is 2.24. The molecule has 0 aromatic heterocycles. The Morgan fingerprint density at radius 3 is 2.75 bits per heavy atom. The first kappa shape index (κ1) is 9.09. The summed E-state index contributed by atoms with van der Waals surface area (Å²) in [4.78, 5) is 10.3. The van der Waals surface area contributed by atoms with Crippen LogP contribution in [-0.4, -0.2) is 4.92 Å². The third kappa shape index (κ3) is 1.21. The topological polar surface area (TPSA) is 43.1 Å². The molecule has 0 amide bonds. The predicted octanol–water partition coefficient (Wildman–Crippen LogP) is 0.978. The van der Waals surface area contributed by atoms with E-state index in [4.69, 9.17) is 0 Å². The molecule has 1 atom stereocenters. The maximum absolute atomic E-state index is 10.7. The Morgan fingerprint density at radius 2 is 1.94 bits per heavy atom. The third-order valence-corrected chi connectivity index (χ3v) is 2.98. The van der Waals surface area contributed by atoms with Crippen LogP contribution in [0.15, 0.2) is 48.2 Å². The van der Waals surface area contributed by atoms with E-state index in [1.807, 2.05) is 24.3 Å². The molecule has 3 heteroatoms. The van der Waals surface area contributed by atoms with Gasteiger partial charge in [0.15, 0.2) is 0 Å². The fourth-order valence-corrected chi connectivity index (χ4v) is 2.24. The molecule has 16 heavy (non-hydrogen) atoms. The highest BCUT2D eigenvalue weighted by molar-refractivity contribution is 5.74. The Morgan fingerprint density at radius 1 is 1.12 bits per heavy atom. The molecular weight excluding hydrogens is 202 g/mol. The van der Waals surface area contributed by atoms with E-state index in [9.17, 15) is 10.1 Å². The molecule has 1 aromatic carbocycles. The summed E-state index contributed by atoms with van der Waals surface area (Å²) >= 11 is 0.